The fraction of sp³-hybridized carbons (Fsp3) is 0.647. The fourth-order valence-electron chi connectivity index (χ4n) is 3.76. The summed E-state index contributed by atoms with van der Waals surface area (Å²) >= 11 is 0. The van der Waals surface area contributed by atoms with Gasteiger partial charge < -0.3 is 19.8 Å². The average molecular weight is 403 g/mol. The van der Waals surface area contributed by atoms with Crippen LogP contribution in [0, 0.1) is 5.82 Å². The highest BCUT2D eigenvalue weighted by molar-refractivity contribution is 7.88. The summed E-state index contributed by atoms with van der Waals surface area (Å²) in [6, 6.07) is 5.91. The molecule has 0 saturated carbocycles. The van der Waals surface area contributed by atoms with E-state index in [9.17, 15) is 23.0 Å². The molecule has 8 nitrogen and oxygen atoms in total. The zero-order valence-corrected chi connectivity index (χ0v) is 16.0. The topological polar surface area (TPSA) is 102 Å². The predicted molar refractivity (Wildman–Crippen MR) is 98.6 cm³/mol. The molecule has 2 heterocycles. The van der Waals surface area contributed by atoms with Crippen LogP contribution in [0.2, 0.25) is 0 Å². The van der Waals surface area contributed by atoms with Gasteiger partial charge in [-0.15, -0.1) is 0 Å². The van der Waals surface area contributed by atoms with Crippen molar-refractivity contribution in [1.29, 1.82) is 0 Å². The maximum Gasteiger partial charge on any atom is 0.208 e. The van der Waals surface area contributed by atoms with Crippen LogP contribution in [-0.4, -0.2) is 93.5 Å². The minimum Gasteiger partial charge on any atom is -0.394 e. The van der Waals surface area contributed by atoms with Crippen molar-refractivity contribution in [2.75, 3.05) is 50.5 Å². The summed E-state index contributed by atoms with van der Waals surface area (Å²) in [7, 11) is -3.39. The van der Waals surface area contributed by atoms with Crippen LogP contribution >= 0.6 is 0 Å². The number of benzene rings is 1. The van der Waals surface area contributed by atoms with E-state index in [4.69, 9.17) is 4.74 Å². The lowest BCUT2D eigenvalue weighted by Crippen LogP contribution is -2.57. The van der Waals surface area contributed by atoms with Gasteiger partial charge in [0.15, 0.2) is 0 Å². The van der Waals surface area contributed by atoms with Gasteiger partial charge >= 0.3 is 0 Å². The second-order valence-corrected chi connectivity index (χ2v) is 8.83. The summed E-state index contributed by atoms with van der Waals surface area (Å²) in [5.74, 6) is -0.278. The minimum atomic E-state index is -3.39. The Kier molecular flexibility index (Phi) is 6.34. The van der Waals surface area contributed by atoms with E-state index in [1.807, 2.05) is 0 Å². The molecule has 10 heteroatoms. The number of sulfonamides is 1. The van der Waals surface area contributed by atoms with Crippen LogP contribution in [0.15, 0.2) is 24.3 Å². The van der Waals surface area contributed by atoms with Gasteiger partial charge in [-0.25, -0.2) is 17.5 Å². The van der Waals surface area contributed by atoms with E-state index in [-0.39, 0.29) is 19.0 Å². The molecule has 0 aliphatic carbocycles. The molecule has 0 amide bonds. The summed E-state index contributed by atoms with van der Waals surface area (Å²) < 4.78 is 44.0. The molecule has 2 aliphatic rings. The first-order chi connectivity index (χ1) is 12.8. The van der Waals surface area contributed by atoms with Gasteiger partial charge in [0, 0.05) is 38.4 Å². The molecule has 0 spiro atoms. The van der Waals surface area contributed by atoms with Crippen molar-refractivity contribution in [3.8, 4) is 0 Å². The van der Waals surface area contributed by atoms with E-state index in [0.29, 0.717) is 26.2 Å². The second-order valence-electron chi connectivity index (χ2n) is 7.00. The molecule has 0 radical (unpaired) electrons. The van der Waals surface area contributed by atoms with Gasteiger partial charge in [-0.05, 0) is 24.3 Å². The van der Waals surface area contributed by atoms with Crippen molar-refractivity contribution in [2.24, 2.45) is 0 Å². The van der Waals surface area contributed by atoms with Gasteiger partial charge in [0.2, 0.25) is 10.0 Å². The number of ether oxygens (including phenoxy) is 1. The molecule has 3 rings (SSSR count). The molecular formula is C17H26FN3O5S. The van der Waals surface area contributed by atoms with Crippen LogP contribution in [0.3, 0.4) is 0 Å². The Labute approximate surface area is 158 Å². The third kappa shape index (κ3) is 4.95. The van der Waals surface area contributed by atoms with Gasteiger partial charge in [0.25, 0.3) is 0 Å². The van der Waals surface area contributed by atoms with Gasteiger partial charge in [-0.2, -0.15) is 0 Å². The number of aliphatic hydroxyl groups excluding tert-OH is 2. The first-order valence-electron chi connectivity index (χ1n) is 8.92. The molecular weight excluding hydrogens is 377 g/mol. The Bertz CT molecular complexity index is 725. The van der Waals surface area contributed by atoms with Crippen molar-refractivity contribution in [3.63, 3.8) is 0 Å². The molecule has 0 unspecified atom stereocenters. The largest absolute Gasteiger partial charge is 0.394 e. The molecule has 4 atom stereocenters. The van der Waals surface area contributed by atoms with Crippen LogP contribution in [0.4, 0.5) is 10.1 Å². The van der Waals surface area contributed by atoms with Gasteiger partial charge in [-0.1, -0.05) is 0 Å². The number of anilines is 1. The molecule has 1 aromatic rings. The van der Waals surface area contributed by atoms with E-state index < -0.39 is 34.4 Å². The zero-order chi connectivity index (χ0) is 19.6. The summed E-state index contributed by atoms with van der Waals surface area (Å²) in [4.78, 5) is 4.19. The smallest absolute Gasteiger partial charge is 0.208 e. The third-order valence-corrected chi connectivity index (χ3v) is 5.81. The molecule has 27 heavy (non-hydrogen) atoms. The van der Waals surface area contributed by atoms with Crippen LogP contribution < -0.4 is 9.62 Å². The molecule has 1 aromatic carbocycles. The van der Waals surface area contributed by atoms with Crippen molar-refractivity contribution in [3.05, 3.63) is 30.1 Å². The zero-order valence-electron chi connectivity index (χ0n) is 15.2. The van der Waals surface area contributed by atoms with Crippen LogP contribution in [0.25, 0.3) is 0 Å². The first-order valence-corrected chi connectivity index (χ1v) is 10.8. The van der Waals surface area contributed by atoms with Crippen molar-refractivity contribution in [1.82, 2.24) is 9.62 Å². The number of hydrogen-bond acceptors (Lipinski definition) is 7. The Morgan fingerprint density at radius 2 is 1.81 bits per heavy atom. The van der Waals surface area contributed by atoms with Crippen molar-refractivity contribution in [2.45, 2.75) is 24.4 Å². The first kappa shape index (κ1) is 20.4. The monoisotopic (exact) mass is 403 g/mol. The molecule has 2 saturated heterocycles. The second kappa shape index (κ2) is 8.38. The van der Waals surface area contributed by atoms with Gasteiger partial charge in [-0.3, -0.25) is 4.90 Å². The number of halogens is 1. The number of rotatable bonds is 6. The van der Waals surface area contributed by atoms with E-state index in [1.54, 1.807) is 12.1 Å². The summed E-state index contributed by atoms with van der Waals surface area (Å²) in [5.41, 5.74) is 0.933. The SMILES string of the molecule is CS(=O)(=O)NC[C@@H]1O[C@@H](CO)[C@@H](O)[C@H]1N1CCN(c2ccc(F)cc2)CC1. The van der Waals surface area contributed by atoms with E-state index in [0.717, 1.165) is 11.9 Å². The normalized spacial score (nSPS) is 30.0. The highest BCUT2D eigenvalue weighted by Gasteiger charge is 2.46. The Balaban J connectivity index is 1.65. The molecule has 3 N–H and O–H groups in total. The number of hydrogen-bond donors (Lipinski definition) is 3. The molecule has 0 aromatic heterocycles. The van der Waals surface area contributed by atoms with E-state index in [1.165, 1.54) is 12.1 Å². The number of nitrogens with one attached hydrogen (secondary N) is 1. The van der Waals surface area contributed by atoms with E-state index >= 15 is 0 Å². The summed E-state index contributed by atoms with van der Waals surface area (Å²) in [6.45, 7) is 2.35. The van der Waals surface area contributed by atoms with Crippen LogP contribution in [0.1, 0.15) is 0 Å². The van der Waals surface area contributed by atoms with Gasteiger partial charge in [0.05, 0.1) is 25.0 Å². The lowest BCUT2D eigenvalue weighted by Gasteiger charge is -2.41. The number of piperazine rings is 1. The quantitative estimate of drug-likeness (QED) is 0.559. The molecule has 152 valence electrons. The maximum absolute atomic E-state index is 13.1. The Morgan fingerprint density at radius 1 is 1.19 bits per heavy atom. The Morgan fingerprint density at radius 3 is 2.37 bits per heavy atom. The van der Waals surface area contributed by atoms with E-state index in [2.05, 4.69) is 14.5 Å². The predicted octanol–water partition coefficient (Wildman–Crippen LogP) is -1.01. The maximum atomic E-state index is 13.1. The minimum absolute atomic E-state index is 0.0369. The van der Waals surface area contributed by atoms with Crippen LogP contribution in [0.5, 0.6) is 0 Å². The number of nitrogens with zero attached hydrogens (tertiary/aromatic N) is 2. The lowest BCUT2D eigenvalue weighted by molar-refractivity contribution is -0.0201. The summed E-state index contributed by atoms with van der Waals surface area (Å²) in [5, 5.41) is 20.0. The molecule has 2 fully saturated rings. The number of aliphatic hydroxyl groups is 2. The average Bonchev–Trinajstić information content (AvgIpc) is 2.96. The van der Waals surface area contributed by atoms with Crippen molar-refractivity contribution >= 4 is 15.7 Å². The highest BCUT2D eigenvalue weighted by atomic mass is 32.2. The molecule has 2 aliphatic heterocycles. The standard InChI is InChI=1S/C17H26FN3O5S/c1-27(24,25)19-10-14-16(17(23)15(11-22)26-14)21-8-6-20(7-9-21)13-4-2-12(18)3-5-13/h2-5,14-17,19,22-23H,6-11H2,1H3/t14-,15-,16-,17+/m0/s1. The summed E-state index contributed by atoms with van der Waals surface area (Å²) in [6.07, 6.45) is -1.13. The molecule has 0 bridgehead atoms. The third-order valence-electron chi connectivity index (χ3n) is 5.12. The van der Waals surface area contributed by atoms with Gasteiger partial charge in [0.1, 0.15) is 18.0 Å². The Hall–Kier alpha value is -1.30. The van der Waals surface area contributed by atoms with Crippen LogP contribution in [-0.2, 0) is 14.8 Å². The fourth-order valence-corrected chi connectivity index (χ4v) is 4.23. The van der Waals surface area contributed by atoms with Crippen molar-refractivity contribution < 1.29 is 27.8 Å². The lowest BCUT2D eigenvalue weighted by atomic mass is 10.0. The highest BCUT2D eigenvalue weighted by Crippen LogP contribution is 2.27.